The Hall–Kier alpha value is -1.06. The van der Waals surface area contributed by atoms with Gasteiger partial charge >= 0.3 is 0 Å². The average Bonchev–Trinajstić information content (AvgIpc) is 3.19. The van der Waals surface area contributed by atoms with Crippen molar-refractivity contribution in [3.05, 3.63) is 29.8 Å². The Morgan fingerprint density at radius 2 is 2.00 bits per heavy atom. The van der Waals surface area contributed by atoms with Crippen molar-refractivity contribution in [1.29, 1.82) is 0 Å². The average molecular weight is 274 g/mol. The lowest BCUT2D eigenvalue weighted by molar-refractivity contribution is 0.179. The van der Waals surface area contributed by atoms with Gasteiger partial charge in [-0.25, -0.2) is 0 Å². The van der Waals surface area contributed by atoms with E-state index in [2.05, 4.69) is 34.5 Å². The molecule has 1 aromatic rings. The van der Waals surface area contributed by atoms with Gasteiger partial charge in [-0.15, -0.1) is 0 Å². The van der Waals surface area contributed by atoms with Crippen LogP contribution in [0.5, 0.6) is 0 Å². The SMILES string of the molecule is COCC(Nc1ccccc1CN1CCCC1)C1CC1. The molecular formula is C17H26N2O. The van der Waals surface area contributed by atoms with Crippen LogP contribution in [0.1, 0.15) is 31.2 Å². The van der Waals surface area contributed by atoms with Gasteiger partial charge in [0.25, 0.3) is 0 Å². The van der Waals surface area contributed by atoms with Crippen LogP contribution in [0.2, 0.25) is 0 Å². The lowest BCUT2D eigenvalue weighted by Gasteiger charge is -2.23. The first-order valence-electron chi connectivity index (χ1n) is 7.92. The van der Waals surface area contributed by atoms with Gasteiger partial charge in [0.1, 0.15) is 0 Å². The summed E-state index contributed by atoms with van der Waals surface area (Å²) in [5.41, 5.74) is 2.73. The van der Waals surface area contributed by atoms with Crippen LogP contribution in [-0.4, -0.2) is 37.7 Å². The second-order valence-corrected chi connectivity index (χ2v) is 6.18. The molecule has 1 saturated carbocycles. The minimum atomic E-state index is 0.472. The molecular weight excluding hydrogens is 248 g/mol. The Bertz CT molecular complexity index is 425. The van der Waals surface area contributed by atoms with E-state index < -0.39 is 0 Å². The number of nitrogens with one attached hydrogen (secondary N) is 1. The number of likely N-dealkylation sites (tertiary alicyclic amines) is 1. The summed E-state index contributed by atoms with van der Waals surface area (Å²) in [5.74, 6) is 0.801. The predicted octanol–water partition coefficient (Wildman–Crippen LogP) is 3.12. The molecule has 0 amide bonds. The number of rotatable bonds is 7. The van der Waals surface area contributed by atoms with Gasteiger partial charge in [-0.05, 0) is 56.3 Å². The van der Waals surface area contributed by atoms with E-state index in [9.17, 15) is 0 Å². The van der Waals surface area contributed by atoms with Crippen LogP contribution in [0.4, 0.5) is 5.69 Å². The first-order chi connectivity index (χ1) is 9.86. The Kier molecular flexibility index (Phi) is 4.58. The summed E-state index contributed by atoms with van der Waals surface area (Å²) in [5, 5.41) is 3.73. The second kappa shape index (κ2) is 6.59. The van der Waals surface area contributed by atoms with Gasteiger partial charge < -0.3 is 10.1 Å². The fraction of sp³-hybridized carbons (Fsp3) is 0.647. The third kappa shape index (κ3) is 3.53. The monoisotopic (exact) mass is 274 g/mol. The molecule has 2 fully saturated rings. The Morgan fingerprint density at radius 3 is 2.70 bits per heavy atom. The highest BCUT2D eigenvalue weighted by atomic mass is 16.5. The number of methoxy groups -OCH3 is 1. The number of benzene rings is 1. The molecule has 3 nitrogen and oxygen atoms in total. The maximum Gasteiger partial charge on any atom is 0.0666 e. The van der Waals surface area contributed by atoms with Crippen molar-refractivity contribution in [2.75, 3.05) is 32.1 Å². The van der Waals surface area contributed by atoms with Gasteiger partial charge in [-0.1, -0.05) is 18.2 Å². The number of hydrogen-bond donors (Lipinski definition) is 1. The summed E-state index contributed by atoms with van der Waals surface area (Å²) in [6.07, 6.45) is 5.39. The molecule has 3 rings (SSSR count). The van der Waals surface area contributed by atoms with E-state index in [4.69, 9.17) is 4.74 Å². The zero-order valence-corrected chi connectivity index (χ0v) is 12.5. The third-order valence-corrected chi connectivity index (χ3v) is 4.49. The lowest BCUT2D eigenvalue weighted by atomic mass is 10.1. The smallest absolute Gasteiger partial charge is 0.0666 e. The molecule has 1 atom stereocenters. The number of anilines is 1. The Morgan fingerprint density at radius 1 is 1.25 bits per heavy atom. The maximum atomic E-state index is 5.38. The molecule has 1 unspecified atom stereocenters. The molecule has 110 valence electrons. The molecule has 1 aromatic carbocycles. The van der Waals surface area contributed by atoms with Crippen molar-refractivity contribution in [3.8, 4) is 0 Å². The van der Waals surface area contributed by atoms with Crippen molar-refractivity contribution in [2.24, 2.45) is 5.92 Å². The van der Waals surface area contributed by atoms with E-state index in [0.717, 1.165) is 19.1 Å². The normalized spacial score (nSPS) is 21.1. The van der Waals surface area contributed by atoms with Crippen molar-refractivity contribution >= 4 is 5.69 Å². The van der Waals surface area contributed by atoms with E-state index in [-0.39, 0.29) is 0 Å². The molecule has 20 heavy (non-hydrogen) atoms. The fourth-order valence-corrected chi connectivity index (χ4v) is 3.15. The maximum absolute atomic E-state index is 5.38. The molecule has 1 heterocycles. The molecule has 0 bridgehead atoms. The molecule has 0 spiro atoms. The lowest BCUT2D eigenvalue weighted by Crippen LogP contribution is -2.28. The van der Waals surface area contributed by atoms with E-state index in [1.165, 1.54) is 50.0 Å². The largest absolute Gasteiger partial charge is 0.383 e. The molecule has 1 aliphatic carbocycles. The van der Waals surface area contributed by atoms with Crippen molar-refractivity contribution in [2.45, 2.75) is 38.3 Å². The molecule has 1 N–H and O–H groups in total. The fourth-order valence-electron chi connectivity index (χ4n) is 3.15. The highest BCUT2D eigenvalue weighted by molar-refractivity contribution is 5.52. The van der Waals surface area contributed by atoms with Crippen molar-refractivity contribution in [1.82, 2.24) is 4.90 Å². The van der Waals surface area contributed by atoms with Gasteiger partial charge in [-0.2, -0.15) is 0 Å². The van der Waals surface area contributed by atoms with Crippen LogP contribution in [0, 0.1) is 5.92 Å². The highest BCUT2D eigenvalue weighted by Gasteiger charge is 2.31. The van der Waals surface area contributed by atoms with Gasteiger partial charge in [0.05, 0.1) is 12.6 Å². The minimum absolute atomic E-state index is 0.472. The standard InChI is InChI=1S/C17H26N2O/c1-20-13-17(14-8-9-14)18-16-7-3-2-6-15(16)12-19-10-4-5-11-19/h2-3,6-7,14,17-18H,4-5,8-13H2,1H3. The molecule has 0 aromatic heterocycles. The highest BCUT2D eigenvalue weighted by Crippen LogP contribution is 2.35. The van der Waals surface area contributed by atoms with E-state index in [0.29, 0.717) is 6.04 Å². The van der Waals surface area contributed by atoms with Gasteiger partial charge in [0.2, 0.25) is 0 Å². The molecule has 0 radical (unpaired) electrons. The van der Waals surface area contributed by atoms with E-state index in [1.54, 1.807) is 7.11 Å². The summed E-state index contributed by atoms with van der Waals surface area (Å²) >= 11 is 0. The summed E-state index contributed by atoms with van der Waals surface area (Å²) in [4.78, 5) is 2.56. The van der Waals surface area contributed by atoms with Crippen LogP contribution in [0.15, 0.2) is 24.3 Å². The number of nitrogens with zero attached hydrogens (tertiary/aromatic N) is 1. The van der Waals surface area contributed by atoms with E-state index >= 15 is 0 Å². The van der Waals surface area contributed by atoms with Crippen molar-refractivity contribution in [3.63, 3.8) is 0 Å². The zero-order valence-electron chi connectivity index (χ0n) is 12.5. The van der Waals surface area contributed by atoms with Crippen LogP contribution < -0.4 is 5.32 Å². The van der Waals surface area contributed by atoms with Gasteiger partial charge in [0, 0.05) is 19.3 Å². The molecule has 2 aliphatic rings. The Labute approximate surface area is 122 Å². The van der Waals surface area contributed by atoms with Crippen LogP contribution in [0.3, 0.4) is 0 Å². The van der Waals surface area contributed by atoms with Crippen LogP contribution >= 0.6 is 0 Å². The third-order valence-electron chi connectivity index (χ3n) is 4.49. The first kappa shape index (κ1) is 13.9. The first-order valence-corrected chi connectivity index (χ1v) is 7.92. The summed E-state index contributed by atoms with van der Waals surface area (Å²) in [6.45, 7) is 4.38. The second-order valence-electron chi connectivity index (χ2n) is 6.18. The van der Waals surface area contributed by atoms with Crippen LogP contribution in [-0.2, 0) is 11.3 Å². The van der Waals surface area contributed by atoms with Gasteiger partial charge in [0.15, 0.2) is 0 Å². The van der Waals surface area contributed by atoms with E-state index in [1.807, 2.05) is 0 Å². The molecule has 1 aliphatic heterocycles. The summed E-state index contributed by atoms with van der Waals surface area (Å²) in [6, 6.07) is 9.24. The van der Waals surface area contributed by atoms with Gasteiger partial charge in [-0.3, -0.25) is 4.90 Å². The van der Waals surface area contributed by atoms with Crippen LogP contribution in [0.25, 0.3) is 0 Å². The Balaban J connectivity index is 1.67. The number of para-hydroxylation sites is 1. The summed E-state index contributed by atoms with van der Waals surface area (Å²) in [7, 11) is 1.80. The predicted molar refractivity (Wildman–Crippen MR) is 83.0 cm³/mol. The number of hydrogen-bond acceptors (Lipinski definition) is 3. The van der Waals surface area contributed by atoms with Crippen molar-refractivity contribution < 1.29 is 4.74 Å². The number of ether oxygens (including phenoxy) is 1. The summed E-state index contributed by atoms with van der Waals surface area (Å²) < 4.78 is 5.38. The topological polar surface area (TPSA) is 24.5 Å². The molecule has 1 saturated heterocycles. The quantitative estimate of drug-likeness (QED) is 0.827. The molecule has 3 heteroatoms. The minimum Gasteiger partial charge on any atom is -0.383 e. The zero-order chi connectivity index (χ0) is 13.8.